The van der Waals surface area contributed by atoms with Crippen LogP contribution in [0.5, 0.6) is 0 Å². The highest BCUT2D eigenvalue weighted by Gasteiger charge is 2.66. The van der Waals surface area contributed by atoms with Gasteiger partial charge in [-0.3, -0.25) is 14.3 Å². The SMILES string of the molecule is C[C@@H]1[C@@H]([Si](C)(C)F)[C@H](CCn2cc(CCO)nn2)O[C@@]12C(=O)N(Cc1ccc(N3CCCC3=O)cc1)c1ccc(Br)cc12. The number of carbonyl (C=O) groups is 2. The van der Waals surface area contributed by atoms with Crippen LogP contribution in [0.3, 0.4) is 0 Å². The van der Waals surface area contributed by atoms with Gasteiger partial charge in [0.25, 0.3) is 5.91 Å². The summed E-state index contributed by atoms with van der Waals surface area (Å²) in [5.41, 5.74) is 2.29. The van der Waals surface area contributed by atoms with Crippen molar-refractivity contribution in [2.24, 2.45) is 5.92 Å². The average Bonchev–Trinajstić information content (AvgIpc) is 3.71. The summed E-state index contributed by atoms with van der Waals surface area (Å²) >= 11 is 3.59. The van der Waals surface area contributed by atoms with Crippen molar-refractivity contribution >= 4 is 47.5 Å². The van der Waals surface area contributed by atoms with Gasteiger partial charge in [-0.1, -0.05) is 40.2 Å². The zero-order valence-corrected chi connectivity index (χ0v) is 27.3. The van der Waals surface area contributed by atoms with Gasteiger partial charge in [-0.05, 0) is 61.8 Å². The molecule has 2 amide bonds. The largest absolute Gasteiger partial charge is 0.396 e. The first-order chi connectivity index (χ1) is 20.5. The smallest absolute Gasteiger partial charge is 0.264 e. The molecule has 1 N–H and O–H groups in total. The van der Waals surface area contributed by atoms with Crippen molar-refractivity contribution in [2.75, 3.05) is 23.0 Å². The number of amides is 2. The minimum absolute atomic E-state index is 0.00990. The summed E-state index contributed by atoms with van der Waals surface area (Å²) in [6, 6.07) is 13.6. The molecule has 2 fully saturated rings. The first-order valence-electron chi connectivity index (χ1n) is 14.9. The van der Waals surface area contributed by atoms with Crippen LogP contribution in [0, 0.1) is 5.92 Å². The Morgan fingerprint density at radius 1 is 1.19 bits per heavy atom. The first kappa shape index (κ1) is 30.1. The number of aromatic nitrogens is 3. The van der Waals surface area contributed by atoms with E-state index in [2.05, 4.69) is 26.2 Å². The van der Waals surface area contributed by atoms with Crippen molar-refractivity contribution in [1.82, 2.24) is 15.0 Å². The molecule has 0 aliphatic carbocycles. The van der Waals surface area contributed by atoms with E-state index in [9.17, 15) is 14.7 Å². The van der Waals surface area contributed by atoms with Crippen molar-refractivity contribution in [1.29, 1.82) is 0 Å². The molecule has 0 unspecified atom stereocenters. The Bertz CT molecular complexity index is 1530. The molecule has 2 aromatic carbocycles. The number of aryl methyl sites for hydroxylation is 1. The number of aliphatic hydroxyl groups is 1. The average molecular weight is 671 g/mol. The van der Waals surface area contributed by atoms with Crippen LogP contribution >= 0.6 is 15.9 Å². The van der Waals surface area contributed by atoms with Crippen molar-refractivity contribution < 1.29 is 23.5 Å². The molecule has 6 rings (SSSR count). The molecule has 43 heavy (non-hydrogen) atoms. The summed E-state index contributed by atoms with van der Waals surface area (Å²) in [5.74, 6) is -0.434. The maximum absolute atomic E-state index is 16.1. The maximum atomic E-state index is 16.1. The molecule has 0 bridgehead atoms. The highest BCUT2D eigenvalue weighted by molar-refractivity contribution is 9.10. The Morgan fingerprint density at radius 2 is 1.95 bits per heavy atom. The number of benzene rings is 2. The third-order valence-electron chi connectivity index (χ3n) is 9.18. The molecule has 3 aliphatic rings. The molecule has 228 valence electrons. The summed E-state index contributed by atoms with van der Waals surface area (Å²) in [5, 5.41) is 17.5. The second-order valence-corrected chi connectivity index (χ2v) is 17.1. The zero-order valence-electron chi connectivity index (χ0n) is 24.7. The molecule has 3 aromatic rings. The number of fused-ring (bicyclic) bond motifs is 2. The van der Waals surface area contributed by atoms with Gasteiger partial charge < -0.3 is 23.8 Å². The Morgan fingerprint density at radius 3 is 2.63 bits per heavy atom. The molecule has 1 aromatic heterocycles. The highest BCUT2D eigenvalue weighted by atomic mass is 79.9. The van der Waals surface area contributed by atoms with Gasteiger partial charge in [-0.15, -0.1) is 5.10 Å². The predicted molar refractivity (Wildman–Crippen MR) is 167 cm³/mol. The number of hydrogen-bond acceptors (Lipinski definition) is 6. The molecule has 4 atom stereocenters. The molecule has 4 heterocycles. The molecular formula is C31H37BrFN5O4Si. The normalized spacial score (nSPS) is 25.4. The summed E-state index contributed by atoms with van der Waals surface area (Å²) in [4.78, 5) is 30.4. The summed E-state index contributed by atoms with van der Waals surface area (Å²) in [6.07, 6.45) is 3.63. The number of rotatable bonds is 9. The van der Waals surface area contributed by atoms with E-state index in [0.717, 1.165) is 39.9 Å². The topological polar surface area (TPSA) is 101 Å². The van der Waals surface area contributed by atoms with Gasteiger partial charge in [0.15, 0.2) is 5.60 Å². The number of hydrogen-bond donors (Lipinski definition) is 1. The van der Waals surface area contributed by atoms with E-state index in [1.54, 1.807) is 33.8 Å². The van der Waals surface area contributed by atoms with E-state index in [1.807, 2.05) is 49.4 Å². The fraction of sp³-hybridized carbons (Fsp3) is 0.484. The Hall–Kier alpha value is -2.93. The Kier molecular flexibility index (Phi) is 8.07. The van der Waals surface area contributed by atoms with Crippen molar-refractivity contribution in [3.8, 4) is 0 Å². The lowest BCUT2D eigenvalue weighted by atomic mass is 9.82. The molecule has 1 spiro atoms. The summed E-state index contributed by atoms with van der Waals surface area (Å²) in [6.45, 7) is 6.86. The number of ether oxygens (including phenoxy) is 1. The number of aliphatic hydroxyl groups excluding tert-OH is 1. The number of anilines is 2. The minimum atomic E-state index is -3.29. The zero-order chi connectivity index (χ0) is 30.5. The van der Waals surface area contributed by atoms with Crippen LogP contribution < -0.4 is 9.80 Å². The van der Waals surface area contributed by atoms with Crippen LogP contribution in [-0.2, 0) is 39.4 Å². The molecule has 12 heteroatoms. The molecular weight excluding hydrogens is 633 g/mol. The molecule has 0 saturated carbocycles. The summed E-state index contributed by atoms with van der Waals surface area (Å²) < 4.78 is 25.5. The fourth-order valence-corrected chi connectivity index (χ4v) is 10.2. The quantitative estimate of drug-likeness (QED) is 0.251. The molecule has 3 aliphatic heterocycles. The van der Waals surface area contributed by atoms with Crippen LogP contribution in [0.15, 0.2) is 53.1 Å². The van der Waals surface area contributed by atoms with E-state index in [4.69, 9.17) is 4.74 Å². The summed E-state index contributed by atoms with van der Waals surface area (Å²) in [7, 11) is -3.29. The van der Waals surface area contributed by atoms with Gasteiger partial charge in [-0.2, -0.15) is 0 Å². The van der Waals surface area contributed by atoms with Crippen molar-refractivity contribution in [3.63, 3.8) is 0 Å². The van der Waals surface area contributed by atoms with Gasteiger partial charge in [0, 0.05) is 65.9 Å². The number of nitrogens with zero attached hydrogens (tertiary/aromatic N) is 5. The second kappa shape index (κ2) is 11.5. The van der Waals surface area contributed by atoms with E-state index in [1.165, 1.54) is 0 Å². The van der Waals surface area contributed by atoms with E-state index >= 15 is 4.11 Å². The minimum Gasteiger partial charge on any atom is -0.396 e. The maximum Gasteiger partial charge on any atom is 0.264 e. The predicted octanol–water partition coefficient (Wildman–Crippen LogP) is 5.11. The number of carbonyl (C=O) groups excluding carboxylic acids is 2. The van der Waals surface area contributed by atoms with Crippen LogP contribution in [0.25, 0.3) is 0 Å². The molecule has 9 nitrogen and oxygen atoms in total. The first-order valence-corrected chi connectivity index (χ1v) is 18.7. The van der Waals surface area contributed by atoms with Crippen LogP contribution in [-0.4, -0.2) is 59.6 Å². The number of halogens is 2. The highest BCUT2D eigenvalue weighted by Crippen LogP contribution is 2.60. The van der Waals surface area contributed by atoms with Crippen LogP contribution in [0.4, 0.5) is 15.5 Å². The van der Waals surface area contributed by atoms with Gasteiger partial charge >= 0.3 is 0 Å². The lowest BCUT2D eigenvalue weighted by Crippen LogP contribution is -2.45. The monoisotopic (exact) mass is 669 g/mol. The van der Waals surface area contributed by atoms with Gasteiger partial charge in [0.1, 0.15) is 0 Å². The van der Waals surface area contributed by atoms with Gasteiger partial charge in [0.2, 0.25) is 14.3 Å². The van der Waals surface area contributed by atoms with E-state index in [0.29, 0.717) is 38.0 Å². The standard InChI is InChI=1S/C31H37BrFN5O4Si/c1-20-29(43(2,3)33)27(12-15-36-19-23(13-16-39)34-35-36)42-31(20)25-17-22(32)8-11-26(25)38(30(31)41)18-21-6-9-24(10-7-21)37-14-4-5-28(37)40/h6-11,17,19-20,27,29,39H,4-5,12-16,18H2,1-3H3/t20-,27+,29-,31+/m1/s1. The van der Waals surface area contributed by atoms with Crippen molar-refractivity contribution in [2.45, 2.75) is 76.0 Å². The Labute approximate surface area is 260 Å². The lowest BCUT2D eigenvalue weighted by molar-refractivity contribution is -0.146. The van der Waals surface area contributed by atoms with E-state index < -0.39 is 25.7 Å². The van der Waals surface area contributed by atoms with Gasteiger partial charge in [0.05, 0.1) is 24.0 Å². The van der Waals surface area contributed by atoms with Gasteiger partial charge in [-0.25, -0.2) is 0 Å². The third kappa shape index (κ3) is 5.36. The second-order valence-electron chi connectivity index (χ2n) is 12.4. The van der Waals surface area contributed by atoms with E-state index in [-0.39, 0.29) is 24.3 Å². The van der Waals surface area contributed by atoms with Crippen molar-refractivity contribution in [3.05, 3.63) is 70.0 Å². The Balaban J connectivity index is 1.30. The fourth-order valence-electron chi connectivity index (χ4n) is 7.27. The van der Waals surface area contributed by atoms with Crippen LogP contribution in [0.1, 0.15) is 43.0 Å². The lowest BCUT2D eigenvalue weighted by Gasteiger charge is -2.31. The van der Waals surface area contributed by atoms with Crippen LogP contribution in [0.2, 0.25) is 18.6 Å². The molecule has 0 radical (unpaired) electrons. The molecule has 2 saturated heterocycles. The third-order valence-corrected chi connectivity index (χ3v) is 12.1.